The van der Waals surface area contributed by atoms with Crippen LogP contribution in [0.3, 0.4) is 0 Å². The van der Waals surface area contributed by atoms with E-state index in [2.05, 4.69) is 15.8 Å². The second kappa shape index (κ2) is 10.2. The van der Waals surface area contributed by atoms with E-state index in [1.807, 2.05) is 31.2 Å². The highest BCUT2D eigenvalue weighted by Crippen LogP contribution is 2.43. The van der Waals surface area contributed by atoms with Crippen molar-refractivity contribution < 1.29 is 24.3 Å². The predicted molar refractivity (Wildman–Crippen MR) is 112 cm³/mol. The van der Waals surface area contributed by atoms with E-state index in [-0.39, 0.29) is 16.5 Å². The van der Waals surface area contributed by atoms with Crippen LogP contribution in [0.25, 0.3) is 22.4 Å². The molecule has 154 valence electrons. The van der Waals surface area contributed by atoms with Crippen molar-refractivity contribution in [3.05, 3.63) is 41.4 Å². The Morgan fingerprint density at radius 1 is 1.21 bits per heavy atom. The molecule has 0 atom stereocenters. The number of carbonyl (C=O) groups excluding carboxylic acids is 1. The van der Waals surface area contributed by atoms with Crippen molar-refractivity contribution in [1.29, 1.82) is 0 Å². The van der Waals surface area contributed by atoms with Crippen molar-refractivity contribution in [3.63, 3.8) is 0 Å². The van der Waals surface area contributed by atoms with Crippen LogP contribution in [0, 0.1) is 0 Å². The van der Waals surface area contributed by atoms with E-state index in [1.165, 1.54) is 12.1 Å². The van der Waals surface area contributed by atoms with Gasteiger partial charge in [0.2, 0.25) is 12.3 Å². The molecule has 0 fully saturated rings. The molecule has 0 aliphatic rings. The third kappa shape index (κ3) is 5.11. The standard InChI is InChI=1S/C17H15ClN2O4.C3H7NO/c1-19-17-15(9-3-5-10(23-2)6-4-9)16(20-24-17)11-7-12(18)14(22)8-13(11)21;1-2-4-3-5/h3-8,19,21-22H,1-2H3;3H,2H2,1H3,(H,4,5). The minimum atomic E-state index is -0.207. The van der Waals surface area contributed by atoms with Crippen LogP contribution < -0.4 is 15.4 Å². The fourth-order valence-corrected chi connectivity index (χ4v) is 2.66. The van der Waals surface area contributed by atoms with Crippen LogP contribution in [-0.4, -0.2) is 42.5 Å². The van der Waals surface area contributed by atoms with Crippen LogP contribution in [0.2, 0.25) is 5.02 Å². The molecule has 2 aromatic carbocycles. The Bertz CT molecular complexity index is 957. The fourth-order valence-electron chi connectivity index (χ4n) is 2.49. The van der Waals surface area contributed by atoms with Gasteiger partial charge in [-0.1, -0.05) is 28.9 Å². The van der Waals surface area contributed by atoms with Gasteiger partial charge in [-0.3, -0.25) is 4.79 Å². The Hall–Kier alpha value is -3.39. The van der Waals surface area contributed by atoms with E-state index in [9.17, 15) is 15.0 Å². The number of rotatable bonds is 6. The maximum absolute atomic E-state index is 10.2. The molecule has 3 rings (SSSR count). The number of aromatic hydroxyl groups is 2. The monoisotopic (exact) mass is 419 g/mol. The SMILES string of the molecule is CCNC=O.CNc1onc(-c2cc(Cl)c(O)cc2O)c1-c1ccc(OC)cc1. The maximum atomic E-state index is 10.2. The van der Waals surface area contributed by atoms with E-state index >= 15 is 0 Å². The smallest absolute Gasteiger partial charge is 0.232 e. The van der Waals surface area contributed by atoms with Crippen molar-refractivity contribution in [2.75, 3.05) is 26.0 Å². The molecule has 0 spiro atoms. The number of phenols is 2. The molecular weight excluding hydrogens is 398 g/mol. The number of carbonyl (C=O) groups is 1. The summed E-state index contributed by atoms with van der Waals surface area (Å²) in [5.41, 5.74) is 2.25. The summed E-state index contributed by atoms with van der Waals surface area (Å²) in [4.78, 5) is 9.29. The van der Waals surface area contributed by atoms with Crippen molar-refractivity contribution in [2.24, 2.45) is 0 Å². The molecule has 29 heavy (non-hydrogen) atoms. The molecule has 0 aliphatic carbocycles. The summed E-state index contributed by atoms with van der Waals surface area (Å²) in [7, 11) is 3.30. The van der Waals surface area contributed by atoms with Crippen LogP contribution >= 0.6 is 11.6 Å². The van der Waals surface area contributed by atoms with Crippen LogP contribution in [0.4, 0.5) is 5.88 Å². The molecule has 0 unspecified atom stereocenters. The zero-order chi connectivity index (χ0) is 21.4. The van der Waals surface area contributed by atoms with Crippen LogP contribution in [-0.2, 0) is 4.79 Å². The summed E-state index contributed by atoms with van der Waals surface area (Å²) in [6.45, 7) is 2.60. The third-order valence-electron chi connectivity index (χ3n) is 3.91. The van der Waals surface area contributed by atoms with Gasteiger partial charge in [0.1, 0.15) is 22.9 Å². The van der Waals surface area contributed by atoms with Crippen molar-refractivity contribution >= 4 is 23.9 Å². The molecule has 1 amide bonds. The van der Waals surface area contributed by atoms with Gasteiger partial charge in [0.25, 0.3) is 0 Å². The molecule has 3 aromatic rings. The van der Waals surface area contributed by atoms with Gasteiger partial charge >= 0.3 is 0 Å². The molecular formula is C20H22ClN3O5. The minimum Gasteiger partial charge on any atom is -0.507 e. The van der Waals surface area contributed by atoms with Crippen molar-refractivity contribution in [2.45, 2.75) is 6.92 Å². The van der Waals surface area contributed by atoms with E-state index < -0.39 is 0 Å². The molecule has 4 N–H and O–H groups in total. The molecule has 1 heterocycles. The zero-order valence-corrected chi connectivity index (χ0v) is 16.9. The Balaban J connectivity index is 0.000000537. The molecule has 9 heteroatoms. The Labute approximate surface area is 173 Å². The Morgan fingerprint density at radius 2 is 1.90 bits per heavy atom. The first-order chi connectivity index (χ1) is 14.0. The number of halogens is 1. The number of hydrogen-bond acceptors (Lipinski definition) is 7. The van der Waals surface area contributed by atoms with E-state index in [0.29, 0.717) is 29.1 Å². The average Bonchev–Trinajstić information content (AvgIpc) is 3.15. The highest BCUT2D eigenvalue weighted by Gasteiger charge is 2.22. The molecule has 0 aliphatic heterocycles. The van der Waals surface area contributed by atoms with Gasteiger partial charge in [-0.2, -0.15) is 0 Å². The second-order valence-electron chi connectivity index (χ2n) is 5.71. The highest BCUT2D eigenvalue weighted by atomic mass is 35.5. The number of nitrogens with one attached hydrogen (secondary N) is 2. The number of phenolic OH excluding ortho intramolecular Hbond substituents is 2. The lowest BCUT2D eigenvalue weighted by Gasteiger charge is -2.08. The topological polar surface area (TPSA) is 117 Å². The number of anilines is 1. The number of amides is 1. The number of nitrogens with zero attached hydrogens (tertiary/aromatic N) is 1. The van der Waals surface area contributed by atoms with Gasteiger partial charge in [0, 0.05) is 25.2 Å². The minimum absolute atomic E-state index is 0.109. The number of methoxy groups -OCH3 is 1. The Kier molecular flexibility index (Phi) is 7.73. The lowest BCUT2D eigenvalue weighted by Crippen LogP contribution is -2.07. The van der Waals surface area contributed by atoms with Gasteiger partial charge < -0.3 is 30.1 Å². The van der Waals surface area contributed by atoms with Crippen LogP contribution in [0.15, 0.2) is 40.9 Å². The predicted octanol–water partition coefficient (Wildman–Crippen LogP) is 3.88. The summed E-state index contributed by atoms with van der Waals surface area (Å²) in [6, 6.07) is 9.95. The summed E-state index contributed by atoms with van der Waals surface area (Å²) in [6.07, 6.45) is 0.681. The summed E-state index contributed by atoms with van der Waals surface area (Å²) in [5, 5.41) is 29.3. The number of hydrogen-bond donors (Lipinski definition) is 4. The van der Waals surface area contributed by atoms with Gasteiger partial charge in [-0.15, -0.1) is 0 Å². The lowest BCUT2D eigenvalue weighted by atomic mass is 10.00. The average molecular weight is 420 g/mol. The van der Waals surface area contributed by atoms with E-state index in [1.54, 1.807) is 14.2 Å². The van der Waals surface area contributed by atoms with Gasteiger partial charge in [-0.05, 0) is 30.7 Å². The Morgan fingerprint density at radius 3 is 2.41 bits per heavy atom. The molecule has 0 radical (unpaired) electrons. The zero-order valence-electron chi connectivity index (χ0n) is 16.2. The maximum Gasteiger partial charge on any atom is 0.232 e. The van der Waals surface area contributed by atoms with E-state index in [0.717, 1.165) is 17.9 Å². The normalized spacial score (nSPS) is 9.93. The first kappa shape index (κ1) is 21.9. The summed E-state index contributed by atoms with van der Waals surface area (Å²) >= 11 is 5.96. The fraction of sp³-hybridized carbons (Fsp3) is 0.200. The lowest BCUT2D eigenvalue weighted by molar-refractivity contribution is -0.109. The van der Waals surface area contributed by atoms with Gasteiger partial charge in [0.05, 0.1) is 17.7 Å². The molecule has 0 saturated carbocycles. The first-order valence-corrected chi connectivity index (χ1v) is 9.05. The second-order valence-corrected chi connectivity index (χ2v) is 6.12. The quantitative estimate of drug-likeness (QED) is 0.448. The summed E-state index contributed by atoms with van der Waals surface area (Å²) < 4.78 is 10.5. The van der Waals surface area contributed by atoms with Gasteiger partial charge in [-0.25, -0.2) is 0 Å². The van der Waals surface area contributed by atoms with E-state index in [4.69, 9.17) is 20.9 Å². The number of ether oxygens (including phenoxy) is 1. The van der Waals surface area contributed by atoms with Crippen LogP contribution in [0.1, 0.15) is 6.92 Å². The molecule has 8 nitrogen and oxygen atoms in total. The molecule has 0 saturated heterocycles. The third-order valence-corrected chi connectivity index (χ3v) is 4.21. The van der Waals surface area contributed by atoms with Crippen molar-refractivity contribution in [3.8, 4) is 39.6 Å². The summed E-state index contributed by atoms with van der Waals surface area (Å²) in [5.74, 6) is 0.806. The van der Waals surface area contributed by atoms with Gasteiger partial charge in [0.15, 0.2) is 0 Å². The van der Waals surface area contributed by atoms with Crippen LogP contribution in [0.5, 0.6) is 17.2 Å². The first-order valence-electron chi connectivity index (χ1n) is 8.67. The highest BCUT2D eigenvalue weighted by molar-refractivity contribution is 6.32. The molecule has 1 aromatic heterocycles. The number of benzene rings is 2. The molecule has 0 bridgehead atoms. The largest absolute Gasteiger partial charge is 0.507 e. The van der Waals surface area contributed by atoms with Crippen molar-refractivity contribution in [1.82, 2.24) is 10.5 Å². The number of aromatic nitrogens is 1.